The normalized spacial score (nSPS) is 25.8. The topological polar surface area (TPSA) is 3.24 Å². The van der Waals surface area contributed by atoms with Gasteiger partial charge in [0.2, 0.25) is 0 Å². The number of para-hydroxylation sites is 1. The molecular weight excluding hydrogens is 513 g/mol. The van der Waals surface area contributed by atoms with E-state index in [1.165, 1.54) is 84.9 Å². The molecule has 4 aromatic carbocycles. The number of anilines is 2. The van der Waals surface area contributed by atoms with Crippen molar-refractivity contribution < 1.29 is 0 Å². The van der Waals surface area contributed by atoms with E-state index < -0.39 is 0 Å². The van der Waals surface area contributed by atoms with Gasteiger partial charge in [-0.25, -0.2) is 0 Å². The van der Waals surface area contributed by atoms with Gasteiger partial charge in [0.1, 0.15) is 7.85 Å². The molecule has 5 unspecified atom stereocenters. The van der Waals surface area contributed by atoms with Crippen molar-refractivity contribution in [2.24, 2.45) is 11.8 Å². The second-order valence-corrected chi connectivity index (χ2v) is 13.6. The Morgan fingerprint density at radius 3 is 2.37 bits per heavy atom. The molecule has 0 bridgehead atoms. The van der Waals surface area contributed by atoms with Crippen molar-refractivity contribution in [1.29, 1.82) is 0 Å². The minimum atomic E-state index is 0.532. The van der Waals surface area contributed by atoms with Gasteiger partial charge in [-0.1, -0.05) is 97.9 Å². The van der Waals surface area contributed by atoms with Gasteiger partial charge in [0, 0.05) is 28.2 Å². The van der Waals surface area contributed by atoms with Gasteiger partial charge in [-0.2, -0.15) is 0 Å². The number of rotatable bonds is 4. The van der Waals surface area contributed by atoms with Gasteiger partial charge in [-0.3, -0.25) is 0 Å². The van der Waals surface area contributed by atoms with Crippen molar-refractivity contribution in [3.63, 3.8) is 0 Å². The van der Waals surface area contributed by atoms with Crippen LogP contribution in [0.15, 0.2) is 95.9 Å². The van der Waals surface area contributed by atoms with E-state index in [-0.39, 0.29) is 0 Å². The first kappa shape index (κ1) is 27.0. The van der Waals surface area contributed by atoms with Crippen LogP contribution in [-0.2, 0) is 0 Å². The molecule has 208 valence electrons. The predicted octanol–water partition coefficient (Wildman–Crippen LogP) is 8.98. The molecular formula is C38H42BNS. The number of nitrogens with zero attached hydrogens (tertiary/aromatic N) is 1. The first-order valence-electron chi connectivity index (χ1n) is 15.9. The highest BCUT2D eigenvalue weighted by molar-refractivity contribution is 7.80. The molecule has 0 spiro atoms. The molecule has 2 saturated carbocycles. The van der Waals surface area contributed by atoms with Gasteiger partial charge in [0.25, 0.3) is 0 Å². The molecule has 1 nitrogen and oxygen atoms in total. The van der Waals surface area contributed by atoms with E-state index in [4.69, 9.17) is 12.6 Å². The summed E-state index contributed by atoms with van der Waals surface area (Å²) in [6.07, 6.45) is 10.9. The average molecular weight is 556 g/mol. The van der Waals surface area contributed by atoms with E-state index in [0.717, 1.165) is 22.6 Å². The predicted molar refractivity (Wildman–Crippen MR) is 180 cm³/mol. The van der Waals surface area contributed by atoms with Crippen LogP contribution in [0, 0.1) is 18.8 Å². The van der Waals surface area contributed by atoms with E-state index in [9.17, 15) is 0 Å². The molecule has 4 aromatic rings. The van der Waals surface area contributed by atoms with Crippen LogP contribution in [0.4, 0.5) is 11.4 Å². The SMILES string of the molecule is Bc1cccc(C2CCCC(C3CCCC4C(C3)c3ccccc3N4c3ccc(S)c(-c4ccccc4C)c3)C2)c1. The molecule has 0 radical (unpaired) electrons. The lowest BCUT2D eigenvalue weighted by Crippen LogP contribution is -2.30. The highest BCUT2D eigenvalue weighted by atomic mass is 32.1. The lowest BCUT2D eigenvalue weighted by atomic mass is 9.69. The number of hydrogen-bond donors (Lipinski definition) is 1. The zero-order valence-electron chi connectivity index (χ0n) is 24.6. The molecule has 3 heteroatoms. The highest BCUT2D eigenvalue weighted by Gasteiger charge is 2.43. The summed E-state index contributed by atoms with van der Waals surface area (Å²) < 4.78 is 0. The minimum Gasteiger partial charge on any atom is -0.337 e. The molecule has 0 amide bonds. The maximum atomic E-state index is 4.90. The molecule has 2 aliphatic carbocycles. The molecule has 0 aromatic heterocycles. The maximum Gasteiger partial charge on any atom is 0.139 e. The van der Waals surface area contributed by atoms with Gasteiger partial charge in [0.15, 0.2) is 0 Å². The summed E-state index contributed by atoms with van der Waals surface area (Å²) in [5, 5.41) is 0. The van der Waals surface area contributed by atoms with Gasteiger partial charge >= 0.3 is 0 Å². The summed E-state index contributed by atoms with van der Waals surface area (Å²) in [5.74, 6) is 3.02. The Hall–Kier alpha value is -2.91. The monoisotopic (exact) mass is 555 g/mol. The molecule has 0 saturated heterocycles. The molecule has 7 rings (SSSR count). The molecule has 3 aliphatic rings. The third-order valence-electron chi connectivity index (χ3n) is 10.6. The zero-order chi connectivity index (χ0) is 27.9. The standard InChI is InChI=1S/C38H42BNS/c1-25-9-2-3-15-32(25)35-24-31(19-20-38(35)41)40-36-17-5-4-16-33(36)34-23-29(13-8-18-37(34)40)27-11-6-10-26(21-27)28-12-7-14-30(39)22-28/h2-5,7,9,12,14-17,19-20,22,24,26-27,29,34,37,41H,6,8,10-11,13,18,21,23,39H2,1H3. The number of fused-ring (bicyclic) bond motifs is 3. The zero-order valence-corrected chi connectivity index (χ0v) is 25.5. The smallest absolute Gasteiger partial charge is 0.139 e. The van der Waals surface area contributed by atoms with Crippen molar-refractivity contribution in [1.82, 2.24) is 0 Å². The van der Waals surface area contributed by atoms with E-state index >= 15 is 0 Å². The quantitative estimate of drug-likeness (QED) is 0.194. The fourth-order valence-corrected chi connectivity index (χ4v) is 8.90. The van der Waals surface area contributed by atoms with Gasteiger partial charge in [0.05, 0.1) is 0 Å². The van der Waals surface area contributed by atoms with Crippen LogP contribution >= 0.6 is 12.6 Å². The summed E-state index contributed by atoms with van der Waals surface area (Å²) in [4.78, 5) is 3.75. The van der Waals surface area contributed by atoms with Crippen LogP contribution in [0.5, 0.6) is 0 Å². The third kappa shape index (κ3) is 5.16. The van der Waals surface area contributed by atoms with Crippen molar-refractivity contribution >= 4 is 37.3 Å². The number of benzene rings is 4. The highest BCUT2D eigenvalue weighted by Crippen LogP contribution is 2.54. The largest absolute Gasteiger partial charge is 0.337 e. The van der Waals surface area contributed by atoms with Crippen LogP contribution in [0.1, 0.15) is 79.9 Å². The Balaban J connectivity index is 1.19. The van der Waals surface area contributed by atoms with E-state index in [1.807, 2.05) is 0 Å². The van der Waals surface area contributed by atoms with Crippen LogP contribution in [0.2, 0.25) is 0 Å². The Labute approximate surface area is 253 Å². The Morgan fingerprint density at radius 2 is 1.51 bits per heavy atom. The summed E-state index contributed by atoms with van der Waals surface area (Å²) in [7, 11) is 2.24. The molecule has 2 fully saturated rings. The third-order valence-corrected chi connectivity index (χ3v) is 11.0. The molecule has 1 heterocycles. The summed E-state index contributed by atoms with van der Waals surface area (Å²) in [5.41, 5.74) is 11.1. The van der Waals surface area contributed by atoms with Gasteiger partial charge in [-0.05, 0) is 102 Å². The summed E-state index contributed by atoms with van der Waals surface area (Å²) >= 11 is 4.90. The lowest BCUT2D eigenvalue weighted by Gasteiger charge is -2.36. The van der Waals surface area contributed by atoms with Crippen LogP contribution < -0.4 is 10.4 Å². The fourth-order valence-electron chi connectivity index (χ4n) is 8.64. The Kier molecular flexibility index (Phi) is 7.50. The second kappa shape index (κ2) is 11.4. The van der Waals surface area contributed by atoms with E-state index in [1.54, 1.807) is 11.1 Å². The molecule has 1 aliphatic heterocycles. The molecule has 41 heavy (non-hydrogen) atoms. The van der Waals surface area contributed by atoms with Crippen LogP contribution in [-0.4, -0.2) is 13.9 Å². The first-order valence-corrected chi connectivity index (χ1v) is 16.4. The number of thiol groups is 1. The van der Waals surface area contributed by atoms with E-state index in [0.29, 0.717) is 12.0 Å². The summed E-state index contributed by atoms with van der Waals surface area (Å²) in [6, 6.07) is 34.8. The maximum absolute atomic E-state index is 4.90. The average Bonchev–Trinajstić information content (AvgIpc) is 3.14. The van der Waals surface area contributed by atoms with Crippen molar-refractivity contribution in [3.8, 4) is 11.1 Å². The number of aryl methyl sites for hydroxylation is 1. The Morgan fingerprint density at radius 1 is 0.732 bits per heavy atom. The van der Waals surface area contributed by atoms with Crippen molar-refractivity contribution in [2.45, 2.75) is 81.1 Å². The van der Waals surface area contributed by atoms with Crippen LogP contribution in [0.3, 0.4) is 0 Å². The fraction of sp³-hybridized carbons (Fsp3) is 0.368. The Bertz CT molecular complexity index is 1550. The van der Waals surface area contributed by atoms with Crippen molar-refractivity contribution in [3.05, 3.63) is 108 Å². The van der Waals surface area contributed by atoms with E-state index in [2.05, 4.69) is 111 Å². The lowest BCUT2D eigenvalue weighted by molar-refractivity contribution is 0.204. The summed E-state index contributed by atoms with van der Waals surface area (Å²) in [6.45, 7) is 2.20. The van der Waals surface area contributed by atoms with Gasteiger partial charge < -0.3 is 4.90 Å². The van der Waals surface area contributed by atoms with Gasteiger partial charge in [-0.15, -0.1) is 12.6 Å². The van der Waals surface area contributed by atoms with Crippen LogP contribution in [0.25, 0.3) is 11.1 Å². The van der Waals surface area contributed by atoms with Crippen molar-refractivity contribution in [2.75, 3.05) is 4.90 Å². The minimum absolute atomic E-state index is 0.532. The second-order valence-electron chi connectivity index (χ2n) is 13.1. The molecule has 0 N–H and O–H groups in total. The first-order chi connectivity index (χ1) is 20.1. The number of hydrogen-bond acceptors (Lipinski definition) is 2. The molecule has 5 atom stereocenters.